The van der Waals surface area contributed by atoms with E-state index in [4.69, 9.17) is 0 Å². The van der Waals surface area contributed by atoms with Crippen LogP contribution < -0.4 is 0 Å². The number of rotatable bonds is 2. The lowest BCUT2D eigenvalue weighted by Crippen LogP contribution is -1.96. The number of aromatic nitrogens is 3. The van der Waals surface area contributed by atoms with Crippen LogP contribution in [0.4, 0.5) is 0 Å². The molecule has 0 atom stereocenters. The quantitative estimate of drug-likeness (QED) is 0.818. The third-order valence-electron chi connectivity index (χ3n) is 1.94. The van der Waals surface area contributed by atoms with Crippen LogP contribution in [0.25, 0.3) is 0 Å². The van der Waals surface area contributed by atoms with Crippen LogP contribution in [-0.2, 0) is 7.05 Å². The fourth-order valence-corrected chi connectivity index (χ4v) is 1.55. The third-order valence-corrected chi connectivity index (χ3v) is 2.66. The summed E-state index contributed by atoms with van der Waals surface area (Å²) in [6.45, 7) is 0. The molecule has 2 rings (SSSR count). The highest BCUT2D eigenvalue weighted by Gasteiger charge is 2.05. The van der Waals surface area contributed by atoms with Crippen molar-refractivity contribution in [1.82, 2.24) is 14.8 Å². The van der Waals surface area contributed by atoms with E-state index in [1.807, 2.05) is 42.3 Å². The highest BCUT2D eigenvalue weighted by molar-refractivity contribution is 9.10. The van der Waals surface area contributed by atoms with E-state index in [1.54, 1.807) is 6.33 Å². The van der Waals surface area contributed by atoms with E-state index in [0.29, 0.717) is 0 Å². The van der Waals surface area contributed by atoms with Gasteiger partial charge in [-0.2, -0.15) is 0 Å². The first-order valence-corrected chi connectivity index (χ1v) is 5.00. The number of benzene rings is 1. The zero-order chi connectivity index (χ0) is 9.97. The number of halogens is 1. The first-order chi connectivity index (χ1) is 6.77. The van der Waals surface area contributed by atoms with Gasteiger partial charge < -0.3 is 4.57 Å². The Kier molecular flexibility index (Phi) is 2.63. The van der Waals surface area contributed by atoms with Gasteiger partial charge in [0, 0.05) is 11.5 Å². The maximum Gasteiger partial charge on any atom is 0.141 e. The third kappa shape index (κ3) is 1.85. The molecule has 1 heterocycles. The summed E-state index contributed by atoms with van der Waals surface area (Å²) in [6, 6.07) is 8.01. The van der Waals surface area contributed by atoms with Gasteiger partial charge >= 0.3 is 0 Å². The molecule has 1 radical (unpaired) electrons. The molecule has 0 N–H and O–H groups in total. The predicted molar refractivity (Wildman–Crippen MR) is 57.6 cm³/mol. The average molecular weight is 251 g/mol. The maximum atomic E-state index is 3.99. The largest absolute Gasteiger partial charge is 0.320 e. The Morgan fingerprint density at radius 1 is 1.36 bits per heavy atom. The first-order valence-electron chi connectivity index (χ1n) is 4.20. The second-order valence-corrected chi connectivity index (χ2v) is 3.82. The highest BCUT2D eigenvalue weighted by atomic mass is 79.9. The van der Waals surface area contributed by atoms with Gasteiger partial charge in [0.05, 0.1) is 6.42 Å². The molecule has 3 nitrogen and oxygen atoms in total. The van der Waals surface area contributed by atoms with E-state index in [-0.39, 0.29) is 0 Å². The molecule has 0 aliphatic carbocycles. The van der Waals surface area contributed by atoms with Gasteiger partial charge in [-0.05, 0) is 11.6 Å². The monoisotopic (exact) mass is 250 g/mol. The molecule has 1 aromatic heterocycles. The van der Waals surface area contributed by atoms with Crippen molar-refractivity contribution in [1.29, 1.82) is 0 Å². The smallest absolute Gasteiger partial charge is 0.141 e. The normalized spacial score (nSPS) is 10.4. The van der Waals surface area contributed by atoms with Crippen molar-refractivity contribution in [2.75, 3.05) is 0 Å². The molecule has 0 unspecified atom stereocenters. The summed E-state index contributed by atoms with van der Waals surface area (Å²) in [4.78, 5) is 0. The van der Waals surface area contributed by atoms with Crippen LogP contribution >= 0.6 is 15.9 Å². The van der Waals surface area contributed by atoms with Crippen LogP contribution in [0, 0.1) is 6.42 Å². The summed E-state index contributed by atoms with van der Waals surface area (Å²) >= 11 is 3.48. The van der Waals surface area contributed by atoms with Crippen molar-refractivity contribution in [3.05, 3.63) is 52.9 Å². The SMILES string of the molecule is Cn1cnnc1[CH]c1ccccc1Br. The standard InChI is InChI=1S/C10H9BrN3/c1-14-7-12-13-10(14)6-8-4-2-3-5-9(8)11/h2-7H,1H3. The summed E-state index contributed by atoms with van der Waals surface area (Å²) in [7, 11) is 1.92. The lowest BCUT2D eigenvalue weighted by Gasteiger charge is -2.02. The molecule has 0 bridgehead atoms. The first kappa shape index (κ1) is 9.40. The van der Waals surface area contributed by atoms with Gasteiger partial charge in [-0.25, -0.2) is 0 Å². The van der Waals surface area contributed by atoms with Crippen LogP contribution in [0.2, 0.25) is 0 Å². The molecule has 14 heavy (non-hydrogen) atoms. The molecule has 0 saturated carbocycles. The zero-order valence-corrected chi connectivity index (χ0v) is 9.27. The van der Waals surface area contributed by atoms with E-state index >= 15 is 0 Å². The van der Waals surface area contributed by atoms with E-state index in [0.717, 1.165) is 15.9 Å². The van der Waals surface area contributed by atoms with E-state index < -0.39 is 0 Å². The zero-order valence-electron chi connectivity index (χ0n) is 7.68. The van der Waals surface area contributed by atoms with Gasteiger partial charge in [-0.15, -0.1) is 10.2 Å². The molecule has 0 amide bonds. The number of aryl methyl sites for hydroxylation is 1. The van der Waals surface area contributed by atoms with Gasteiger partial charge in [0.25, 0.3) is 0 Å². The minimum absolute atomic E-state index is 0.844. The lowest BCUT2D eigenvalue weighted by atomic mass is 10.1. The molecular weight excluding hydrogens is 242 g/mol. The van der Waals surface area contributed by atoms with Crippen LogP contribution in [0.15, 0.2) is 35.1 Å². The molecule has 0 aliphatic rings. The van der Waals surface area contributed by atoms with Crippen molar-refractivity contribution in [2.45, 2.75) is 0 Å². The molecule has 0 fully saturated rings. The summed E-state index contributed by atoms with van der Waals surface area (Å²) < 4.78 is 2.93. The molecule has 2 aromatic rings. The van der Waals surface area contributed by atoms with E-state index in [9.17, 15) is 0 Å². The molecule has 0 saturated heterocycles. The van der Waals surface area contributed by atoms with Crippen LogP contribution in [0.5, 0.6) is 0 Å². The molecule has 4 heteroatoms. The van der Waals surface area contributed by atoms with Crippen molar-refractivity contribution in [2.24, 2.45) is 7.05 Å². The van der Waals surface area contributed by atoms with Gasteiger partial charge in [0.1, 0.15) is 12.2 Å². The molecular formula is C10H9BrN3. The van der Waals surface area contributed by atoms with Gasteiger partial charge in [0.15, 0.2) is 0 Å². The van der Waals surface area contributed by atoms with Crippen molar-refractivity contribution in [3.8, 4) is 0 Å². The Morgan fingerprint density at radius 2 is 2.14 bits per heavy atom. The van der Waals surface area contributed by atoms with Gasteiger partial charge in [-0.1, -0.05) is 34.1 Å². The van der Waals surface area contributed by atoms with Crippen LogP contribution in [-0.4, -0.2) is 14.8 Å². The van der Waals surface area contributed by atoms with Gasteiger partial charge in [0.2, 0.25) is 0 Å². The van der Waals surface area contributed by atoms with Gasteiger partial charge in [-0.3, -0.25) is 0 Å². The summed E-state index contributed by atoms with van der Waals surface area (Å²) in [6.07, 6.45) is 3.67. The fourth-order valence-electron chi connectivity index (χ4n) is 1.15. The highest BCUT2D eigenvalue weighted by Crippen LogP contribution is 2.19. The Hall–Kier alpha value is -1.16. The molecule has 1 aromatic carbocycles. The van der Waals surface area contributed by atoms with Crippen molar-refractivity contribution in [3.63, 3.8) is 0 Å². The number of hydrogen-bond donors (Lipinski definition) is 0. The second-order valence-electron chi connectivity index (χ2n) is 2.97. The summed E-state index contributed by atoms with van der Waals surface area (Å²) in [5.74, 6) is 0.844. The summed E-state index contributed by atoms with van der Waals surface area (Å²) in [5, 5.41) is 7.80. The minimum atomic E-state index is 0.844. The molecule has 71 valence electrons. The fraction of sp³-hybridized carbons (Fsp3) is 0.100. The van der Waals surface area contributed by atoms with E-state index in [1.165, 1.54) is 0 Å². The second kappa shape index (κ2) is 3.92. The van der Waals surface area contributed by atoms with Crippen molar-refractivity contribution < 1.29 is 0 Å². The number of hydrogen-bond acceptors (Lipinski definition) is 2. The topological polar surface area (TPSA) is 30.7 Å². The number of nitrogens with zero attached hydrogens (tertiary/aromatic N) is 3. The Labute approximate surface area is 90.9 Å². The van der Waals surface area contributed by atoms with Crippen LogP contribution in [0.1, 0.15) is 11.4 Å². The Morgan fingerprint density at radius 3 is 2.79 bits per heavy atom. The van der Waals surface area contributed by atoms with Crippen molar-refractivity contribution >= 4 is 15.9 Å². The lowest BCUT2D eigenvalue weighted by molar-refractivity contribution is 0.870. The minimum Gasteiger partial charge on any atom is -0.320 e. The molecule has 0 aliphatic heterocycles. The molecule has 0 spiro atoms. The average Bonchev–Trinajstić information content (AvgIpc) is 2.56. The Balaban J connectivity index is 2.28. The van der Waals surface area contributed by atoms with Crippen LogP contribution in [0.3, 0.4) is 0 Å². The maximum absolute atomic E-state index is 3.99. The van der Waals surface area contributed by atoms with E-state index in [2.05, 4.69) is 26.1 Å². The Bertz CT molecular complexity index is 436. The summed E-state index contributed by atoms with van der Waals surface area (Å²) in [5.41, 5.74) is 1.10. The predicted octanol–water partition coefficient (Wildman–Crippen LogP) is 2.18.